The number of methoxy groups -OCH3 is 1. The van der Waals surface area contributed by atoms with E-state index in [9.17, 15) is 4.79 Å². The molecule has 1 aromatic heterocycles. The van der Waals surface area contributed by atoms with Crippen molar-refractivity contribution in [2.75, 3.05) is 38.2 Å². The van der Waals surface area contributed by atoms with E-state index in [1.807, 2.05) is 42.2 Å². The van der Waals surface area contributed by atoms with Gasteiger partial charge in [0.2, 0.25) is 0 Å². The minimum Gasteiger partial charge on any atom is -0.497 e. The van der Waals surface area contributed by atoms with Gasteiger partial charge in [-0.3, -0.25) is 4.79 Å². The van der Waals surface area contributed by atoms with Crippen molar-refractivity contribution in [2.24, 2.45) is 0 Å². The fourth-order valence-electron chi connectivity index (χ4n) is 3.54. The average Bonchev–Trinajstić information content (AvgIpc) is 2.90. The van der Waals surface area contributed by atoms with Gasteiger partial charge in [0.25, 0.3) is 5.91 Å². The maximum absolute atomic E-state index is 13.0. The van der Waals surface area contributed by atoms with E-state index in [-0.39, 0.29) is 5.91 Å². The minimum atomic E-state index is 0.107. The van der Waals surface area contributed by atoms with Crippen LogP contribution in [-0.2, 0) is 0 Å². The Labute approximate surface area is 163 Å². The van der Waals surface area contributed by atoms with Gasteiger partial charge in [0.05, 0.1) is 22.3 Å². The zero-order valence-corrected chi connectivity index (χ0v) is 16.5. The molecule has 1 fully saturated rings. The van der Waals surface area contributed by atoms with Gasteiger partial charge in [-0.15, -0.1) is 11.3 Å². The molecule has 3 aromatic rings. The van der Waals surface area contributed by atoms with Crippen LogP contribution in [0.2, 0.25) is 0 Å². The molecule has 0 bridgehead atoms. The van der Waals surface area contributed by atoms with Gasteiger partial charge in [-0.2, -0.15) is 0 Å². The van der Waals surface area contributed by atoms with Gasteiger partial charge in [-0.25, -0.2) is 4.98 Å². The molecule has 140 valence electrons. The van der Waals surface area contributed by atoms with Gasteiger partial charge in [-0.1, -0.05) is 6.07 Å². The molecule has 27 heavy (non-hydrogen) atoms. The number of hydrogen-bond donors (Lipinski definition) is 0. The number of thiazole rings is 1. The number of fused-ring (bicyclic) bond motifs is 1. The van der Waals surface area contributed by atoms with Crippen LogP contribution in [0.3, 0.4) is 0 Å². The van der Waals surface area contributed by atoms with E-state index in [4.69, 9.17) is 4.74 Å². The molecule has 2 aromatic carbocycles. The largest absolute Gasteiger partial charge is 0.497 e. The number of benzene rings is 2. The second-order valence-electron chi connectivity index (χ2n) is 6.75. The lowest BCUT2D eigenvalue weighted by Crippen LogP contribution is -2.35. The highest BCUT2D eigenvalue weighted by Gasteiger charge is 2.21. The topological polar surface area (TPSA) is 45.7 Å². The first-order valence-corrected chi connectivity index (χ1v) is 10.0. The van der Waals surface area contributed by atoms with Gasteiger partial charge in [0.15, 0.2) is 0 Å². The lowest BCUT2D eigenvalue weighted by atomic mass is 10.2. The summed E-state index contributed by atoms with van der Waals surface area (Å²) in [5.41, 5.74) is 2.86. The number of aryl methyl sites for hydroxylation is 1. The van der Waals surface area contributed by atoms with Gasteiger partial charge < -0.3 is 14.5 Å². The number of amides is 1. The molecule has 6 heteroatoms. The third-order valence-corrected chi connectivity index (χ3v) is 5.88. The fourth-order valence-corrected chi connectivity index (χ4v) is 4.41. The van der Waals surface area contributed by atoms with Gasteiger partial charge in [0.1, 0.15) is 5.75 Å². The molecular formula is C21H23N3O2S. The number of nitrogens with zero attached hydrogens (tertiary/aromatic N) is 3. The number of hydrogen-bond acceptors (Lipinski definition) is 5. The molecular weight excluding hydrogens is 358 g/mol. The smallest absolute Gasteiger partial charge is 0.253 e. The lowest BCUT2D eigenvalue weighted by Gasteiger charge is -2.24. The van der Waals surface area contributed by atoms with Crippen LogP contribution in [0.4, 0.5) is 5.69 Å². The standard InChI is InChI=1S/C21H23N3O2S/c1-15-22-19-8-7-16(13-20(19)27-15)21(25)24-10-4-9-23(11-12-24)17-5-3-6-18(14-17)26-2/h3,5-8,13-14H,4,9-12H2,1-2H3. The molecule has 2 heterocycles. The zero-order valence-electron chi connectivity index (χ0n) is 15.6. The van der Waals surface area contributed by atoms with Crippen LogP contribution in [-0.4, -0.2) is 49.1 Å². The quantitative estimate of drug-likeness (QED) is 0.689. The van der Waals surface area contributed by atoms with Crippen molar-refractivity contribution in [3.63, 3.8) is 0 Å². The van der Waals surface area contributed by atoms with Crippen molar-refractivity contribution in [3.8, 4) is 5.75 Å². The molecule has 1 aliphatic heterocycles. The van der Waals surface area contributed by atoms with Crippen LogP contribution >= 0.6 is 11.3 Å². The van der Waals surface area contributed by atoms with E-state index in [1.54, 1.807) is 18.4 Å². The van der Waals surface area contributed by atoms with E-state index in [1.165, 1.54) is 0 Å². The molecule has 0 atom stereocenters. The predicted octanol–water partition coefficient (Wildman–Crippen LogP) is 3.97. The summed E-state index contributed by atoms with van der Waals surface area (Å²) in [7, 11) is 1.68. The average molecular weight is 382 g/mol. The highest BCUT2D eigenvalue weighted by molar-refractivity contribution is 7.18. The highest BCUT2D eigenvalue weighted by atomic mass is 32.1. The molecule has 0 radical (unpaired) electrons. The molecule has 4 rings (SSSR count). The summed E-state index contributed by atoms with van der Waals surface area (Å²) >= 11 is 1.63. The third-order valence-electron chi connectivity index (χ3n) is 4.94. The number of aromatic nitrogens is 1. The molecule has 0 saturated carbocycles. The van der Waals surface area contributed by atoms with Crippen molar-refractivity contribution in [1.29, 1.82) is 0 Å². The van der Waals surface area contributed by atoms with Crippen LogP contribution in [0.25, 0.3) is 10.2 Å². The zero-order chi connectivity index (χ0) is 18.8. The van der Waals surface area contributed by atoms with Crippen LogP contribution < -0.4 is 9.64 Å². The Kier molecular flexibility index (Phi) is 4.99. The number of ether oxygens (including phenoxy) is 1. The van der Waals surface area contributed by atoms with Crippen molar-refractivity contribution in [2.45, 2.75) is 13.3 Å². The monoisotopic (exact) mass is 381 g/mol. The Bertz CT molecular complexity index is 969. The Balaban J connectivity index is 1.48. The van der Waals surface area contributed by atoms with Gasteiger partial charge >= 0.3 is 0 Å². The summed E-state index contributed by atoms with van der Waals surface area (Å²) in [5, 5.41) is 1.03. The third kappa shape index (κ3) is 3.76. The summed E-state index contributed by atoms with van der Waals surface area (Å²) < 4.78 is 6.41. The molecule has 5 nitrogen and oxygen atoms in total. The summed E-state index contributed by atoms with van der Waals surface area (Å²) in [6.45, 7) is 5.24. The summed E-state index contributed by atoms with van der Waals surface area (Å²) in [5.74, 6) is 0.966. The molecule has 0 spiro atoms. The number of rotatable bonds is 3. The second-order valence-corrected chi connectivity index (χ2v) is 7.98. The van der Waals surface area contributed by atoms with E-state index >= 15 is 0 Å². The van der Waals surface area contributed by atoms with Crippen LogP contribution in [0.15, 0.2) is 42.5 Å². The second kappa shape index (κ2) is 7.56. The van der Waals surface area contributed by atoms with Crippen LogP contribution in [0.5, 0.6) is 5.75 Å². The van der Waals surface area contributed by atoms with Crippen molar-refractivity contribution >= 4 is 33.1 Å². The maximum atomic E-state index is 13.0. The Morgan fingerprint density at radius 1 is 1.11 bits per heavy atom. The van der Waals surface area contributed by atoms with E-state index in [2.05, 4.69) is 22.0 Å². The van der Waals surface area contributed by atoms with E-state index < -0.39 is 0 Å². The van der Waals surface area contributed by atoms with Crippen molar-refractivity contribution in [3.05, 3.63) is 53.0 Å². The van der Waals surface area contributed by atoms with E-state index in [0.717, 1.165) is 64.8 Å². The normalized spacial score (nSPS) is 15.0. The van der Waals surface area contributed by atoms with Crippen molar-refractivity contribution < 1.29 is 9.53 Å². The number of carbonyl (C=O) groups is 1. The first-order chi connectivity index (χ1) is 13.1. The van der Waals surface area contributed by atoms with Gasteiger partial charge in [-0.05, 0) is 43.7 Å². The summed E-state index contributed by atoms with van der Waals surface area (Å²) in [4.78, 5) is 21.8. The van der Waals surface area contributed by atoms with Crippen LogP contribution in [0, 0.1) is 6.92 Å². The van der Waals surface area contributed by atoms with Gasteiger partial charge in [0, 0.05) is 43.5 Å². The molecule has 1 amide bonds. The molecule has 0 N–H and O–H groups in total. The first kappa shape index (κ1) is 17.8. The predicted molar refractivity (Wildman–Crippen MR) is 110 cm³/mol. The number of carbonyl (C=O) groups excluding carboxylic acids is 1. The molecule has 0 unspecified atom stereocenters. The Morgan fingerprint density at radius 2 is 2.00 bits per heavy atom. The molecule has 1 aliphatic rings. The Hall–Kier alpha value is -2.60. The maximum Gasteiger partial charge on any atom is 0.253 e. The van der Waals surface area contributed by atoms with Crippen molar-refractivity contribution in [1.82, 2.24) is 9.88 Å². The minimum absolute atomic E-state index is 0.107. The fraction of sp³-hybridized carbons (Fsp3) is 0.333. The molecule has 1 saturated heterocycles. The number of anilines is 1. The SMILES string of the molecule is COc1cccc(N2CCCN(C(=O)c3ccc4nc(C)sc4c3)CC2)c1. The summed E-state index contributed by atoms with van der Waals surface area (Å²) in [6.07, 6.45) is 0.949. The highest BCUT2D eigenvalue weighted by Crippen LogP contribution is 2.25. The first-order valence-electron chi connectivity index (χ1n) is 9.19. The lowest BCUT2D eigenvalue weighted by molar-refractivity contribution is 0.0767. The van der Waals surface area contributed by atoms with Crippen LogP contribution in [0.1, 0.15) is 21.8 Å². The van der Waals surface area contributed by atoms with E-state index in [0.29, 0.717) is 0 Å². The summed E-state index contributed by atoms with van der Waals surface area (Å²) in [6, 6.07) is 13.9. The molecule has 0 aliphatic carbocycles. The Morgan fingerprint density at radius 3 is 2.85 bits per heavy atom.